The van der Waals surface area contributed by atoms with Crippen molar-refractivity contribution in [3.8, 4) is 0 Å². The molecule has 2 atom stereocenters. The van der Waals surface area contributed by atoms with Gasteiger partial charge in [-0.3, -0.25) is 4.79 Å². The molecule has 1 aliphatic heterocycles. The van der Waals surface area contributed by atoms with Gasteiger partial charge in [0.2, 0.25) is 0 Å². The molecule has 0 amide bonds. The molecule has 0 unspecified atom stereocenters. The monoisotopic (exact) mass is 322 g/mol. The lowest BCUT2D eigenvalue weighted by Crippen LogP contribution is -2.22. The lowest BCUT2D eigenvalue weighted by molar-refractivity contribution is -0.125. The quantitative estimate of drug-likeness (QED) is 0.760. The van der Waals surface area contributed by atoms with Crippen molar-refractivity contribution in [3.05, 3.63) is 76.8 Å². The lowest BCUT2D eigenvalue weighted by Gasteiger charge is -2.12. The van der Waals surface area contributed by atoms with Crippen molar-refractivity contribution in [2.45, 2.75) is 45.5 Å². The van der Waals surface area contributed by atoms with Crippen LogP contribution in [0.25, 0.3) is 0 Å². The van der Waals surface area contributed by atoms with E-state index in [4.69, 9.17) is 9.47 Å². The smallest absolute Gasteiger partial charge is 0.192 e. The van der Waals surface area contributed by atoms with Crippen LogP contribution >= 0.6 is 0 Å². The number of hydrogen-bond acceptors (Lipinski definition) is 3. The molecule has 1 fully saturated rings. The third-order valence-corrected chi connectivity index (χ3v) is 4.25. The van der Waals surface area contributed by atoms with Crippen molar-refractivity contribution in [3.63, 3.8) is 0 Å². The summed E-state index contributed by atoms with van der Waals surface area (Å²) in [5.41, 5.74) is 5.74. The van der Waals surface area contributed by atoms with E-state index in [1.165, 1.54) is 0 Å². The zero-order valence-corrected chi connectivity index (χ0v) is 14.1. The van der Waals surface area contributed by atoms with Gasteiger partial charge in [0.1, 0.15) is 12.7 Å². The Balaban J connectivity index is 1.72. The van der Waals surface area contributed by atoms with Crippen molar-refractivity contribution < 1.29 is 14.3 Å². The highest BCUT2D eigenvalue weighted by Crippen LogP contribution is 2.25. The highest BCUT2D eigenvalue weighted by molar-refractivity contribution is 6.03. The van der Waals surface area contributed by atoms with Crippen LogP contribution in [-0.4, -0.2) is 18.0 Å². The van der Waals surface area contributed by atoms with Gasteiger partial charge < -0.3 is 9.47 Å². The van der Waals surface area contributed by atoms with Gasteiger partial charge in [0.05, 0.1) is 6.10 Å². The fraction of sp³-hybridized carbons (Fsp3) is 0.333. The van der Waals surface area contributed by atoms with Crippen LogP contribution in [0.2, 0.25) is 0 Å². The molecule has 1 heterocycles. The zero-order chi connectivity index (χ0) is 16.9. The summed E-state index contributed by atoms with van der Waals surface area (Å²) in [6.45, 7) is 4.38. The standard InChI is InChI=1S/C21H22O3/c1-15-13-18(23-14-17-7-4-3-5-8-17)9-6-10-19(15)21(22)20-12-11-16(2)24-20/h3-10,16,20H,11-12,14H2,1-2H3/t16-,20-/m0/s1. The van der Waals surface area contributed by atoms with Gasteiger partial charge in [-0.1, -0.05) is 48.2 Å². The minimum atomic E-state index is -0.330. The van der Waals surface area contributed by atoms with Crippen molar-refractivity contribution in [2.24, 2.45) is 0 Å². The summed E-state index contributed by atoms with van der Waals surface area (Å²) in [7, 11) is 0. The Morgan fingerprint density at radius 2 is 2.08 bits per heavy atom. The predicted molar refractivity (Wildman–Crippen MR) is 93.2 cm³/mol. The molecule has 3 heteroatoms. The number of carbonyl (C=O) groups is 1. The Kier molecular flexibility index (Phi) is 5.14. The number of ether oxygens (including phenoxy) is 2. The van der Waals surface area contributed by atoms with Gasteiger partial charge in [-0.25, -0.2) is 0 Å². The van der Waals surface area contributed by atoms with Gasteiger partial charge in [-0.2, -0.15) is 0 Å². The molecular formula is C21H22O3. The number of ketones is 1. The van der Waals surface area contributed by atoms with Gasteiger partial charge >= 0.3 is 0 Å². The molecule has 0 saturated carbocycles. The highest BCUT2D eigenvalue weighted by Gasteiger charge is 2.30. The van der Waals surface area contributed by atoms with Crippen LogP contribution < -0.4 is 0 Å². The van der Waals surface area contributed by atoms with E-state index < -0.39 is 0 Å². The minimum Gasteiger partial charge on any atom is -0.481 e. The highest BCUT2D eigenvalue weighted by atomic mass is 16.5. The molecule has 1 aromatic rings. The van der Waals surface area contributed by atoms with Crippen LogP contribution in [0, 0.1) is 0 Å². The Morgan fingerprint density at radius 1 is 1.29 bits per heavy atom. The van der Waals surface area contributed by atoms with Crippen LogP contribution in [0.4, 0.5) is 0 Å². The summed E-state index contributed by atoms with van der Waals surface area (Å²) in [5, 5.41) is 0. The molecule has 24 heavy (non-hydrogen) atoms. The van der Waals surface area contributed by atoms with Gasteiger partial charge in [0.15, 0.2) is 11.5 Å². The average molecular weight is 322 g/mol. The third-order valence-electron chi connectivity index (χ3n) is 4.25. The van der Waals surface area contributed by atoms with Gasteiger partial charge in [0, 0.05) is 11.1 Å². The molecule has 1 saturated heterocycles. The Bertz CT molecular complexity index is 734. The number of hydrogen-bond donors (Lipinski definition) is 0. The second-order valence-electron chi connectivity index (χ2n) is 6.20. The topological polar surface area (TPSA) is 35.5 Å². The Morgan fingerprint density at radius 3 is 2.79 bits per heavy atom. The fourth-order valence-corrected chi connectivity index (χ4v) is 2.91. The molecule has 0 aromatic heterocycles. The first-order valence-electron chi connectivity index (χ1n) is 8.36. The molecule has 1 aromatic carbocycles. The largest absolute Gasteiger partial charge is 0.481 e. The maximum Gasteiger partial charge on any atom is 0.192 e. The summed E-state index contributed by atoms with van der Waals surface area (Å²) >= 11 is 0. The van der Waals surface area contributed by atoms with Crippen LogP contribution in [0.5, 0.6) is 0 Å². The van der Waals surface area contributed by atoms with Crippen molar-refractivity contribution >= 4 is 5.78 Å². The van der Waals surface area contributed by atoms with E-state index in [1.807, 2.05) is 62.4 Å². The van der Waals surface area contributed by atoms with Crippen LogP contribution in [0.1, 0.15) is 32.3 Å². The van der Waals surface area contributed by atoms with Crippen molar-refractivity contribution in [2.75, 3.05) is 0 Å². The second kappa shape index (κ2) is 7.48. The summed E-state index contributed by atoms with van der Waals surface area (Å²) in [6.07, 6.45) is 7.06. The van der Waals surface area contributed by atoms with Crippen molar-refractivity contribution in [1.82, 2.24) is 0 Å². The first-order valence-corrected chi connectivity index (χ1v) is 8.36. The molecule has 0 radical (unpaired) electrons. The Hall–Kier alpha value is -2.35. The van der Waals surface area contributed by atoms with E-state index in [1.54, 1.807) is 0 Å². The molecule has 0 spiro atoms. The zero-order valence-electron chi connectivity index (χ0n) is 14.1. The van der Waals surface area contributed by atoms with E-state index in [0.29, 0.717) is 17.9 Å². The average Bonchev–Trinajstić information content (AvgIpc) is 2.93. The number of carbonyl (C=O) groups excluding carboxylic acids is 1. The third kappa shape index (κ3) is 3.94. The predicted octanol–water partition coefficient (Wildman–Crippen LogP) is 4.27. The maximum absolute atomic E-state index is 12.7. The van der Waals surface area contributed by atoms with E-state index in [0.717, 1.165) is 24.0 Å². The summed E-state index contributed by atoms with van der Waals surface area (Å²) in [4.78, 5) is 12.7. The van der Waals surface area contributed by atoms with Gasteiger partial charge in [0.25, 0.3) is 0 Å². The Labute approximate surface area is 143 Å². The van der Waals surface area contributed by atoms with Crippen molar-refractivity contribution in [1.29, 1.82) is 0 Å². The molecule has 3 nitrogen and oxygen atoms in total. The number of Topliss-reactive ketones (excluding diaryl/α,β-unsaturated/α-hetero) is 1. The first kappa shape index (κ1) is 16.5. The van der Waals surface area contributed by atoms with E-state index in [-0.39, 0.29) is 18.0 Å². The van der Waals surface area contributed by atoms with Crippen LogP contribution in [0.15, 0.2) is 71.2 Å². The van der Waals surface area contributed by atoms with Gasteiger partial charge in [-0.15, -0.1) is 0 Å². The van der Waals surface area contributed by atoms with Crippen LogP contribution in [0.3, 0.4) is 0 Å². The second-order valence-corrected chi connectivity index (χ2v) is 6.20. The first-order chi connectivity index (χ1) is 11.6. The minimum absolute atomic E-state index is 0.0401. The number of benzene rings is 1. The molecule has 1 aliphatic carbocycles. The molecular weight excluding hydrogens is 300 g/mol. The maximum atomic E-state index is 12.7. The summed E-state index contributed by atoms with van der Waals surface area (Å²) < 4.78 is 11.5. The summed E-state index contributed by atoms with van der Waals surface area (Å²) in [5.74, 6) is 0.675. The van der Waals surface area contributed by atoms with E-state index >= 15 is 0 Å². The molecule has 0 bridgehead atoms. The molecule has 2 aliphatic rings. The normalized spacial score (nSPS) is 23.2. The number of allylic oxidation sites excluding steroid dienone is 3. The molecule has 0 N–H and O–H groups in total. The molecule has 3 rings (SSSR count). The van der Waals surface area contributed by atoms with Gasteiger partial charge in [-0.05, 0) is 38.3 Å². The summed E-state index contributed by atoms with van der Waals surface area (Å²) in [6, 6.07) is 9.98. The number of rotatable bonds is 5. The van der Waals surface area contributed by atoms with Crippen LogP contribution in [-0.2, 0) is 20.9 Å². The lowest BCUT2D eigenvalue weighted by atomic mass is 9.98. The fourth-order valence-electron chi connectivity index (χ4n) is 2.91. The molecule has 124 valence electrons. The van der Waals surface area contributed by atoms with E-state index in [9.17, 15) is 4.79 Å². The van der Waals surface area contributed by atoms with E-state index in [2.05, 4.69) is 5.73 Å². The SMILES string of the molecule is CC1=C=C(OCc2ccccc2)C=CC=C1C(=O)[C@@H]1CC[C@H](C)O1.